The van der Waals surface area contributed by atoms with Gasteiger partial charge in [-0.05, 0) is 42.7 Å². The Hall–Kier alpha value is -3.63. The van der Waals surface area contributed by atoms with Crippen molar-refractivity contribution in [3.63, 3.8) is 0 Å². The first-order chi connectivity index (χ1) is 15.0. The minimum atomic E-state index is -4.56. The number of piperidine rings is 1. The molecule has 0 aromatic heterocycles. The van der Waals surface area contributed by atoms with Gasteiger partial charge in [0, 0.05) is 31.1 Å². The van der Waals surface area contributed by atoms with E-state index in [1.807, 2.05) is 0 Å². The Labute approximate surface area is 180 Å². The second-order valence-electron chi connectivity index (χ2n) is 7.56. The van der Waals surface area contributed by atoms with E-state index in [1.165, 1.54) is 31.2 Å². The Morgan fingerprint density at radius 3 is 2.38 bits per heavy atom. The van der Waals surface area contributed by atoms with E-state index < -0.39 is 40.6 Å². The molecule has 2 atom stereocenters. The molecule has 2 unspecified atom stereocenters. The molecule has 0 bridgehead atoms. The summed E-state index contributed by atoms with van der Waals surface area (Å²) < 4.78 is 45.1. The van der Waals surface area contributed by atoms with Gasteiger partial charge in [-0.3, -0.25) is 14.9 Å². The number of halogens is 3. The van der Waals surface area contributed by atoms with Crippen LogP contribution in [-0.2, 0) is 11.0 Å². The second kappa shape index (κ2) is 8.85. The third kappa shape index (κ3) is 5.16. The Bertz CT molecular complexity index is 1040. The molecule has 11 heteroatoms. The highest BCUT2D eigenvalue weighted by Crippen LogP contribution is 2.37. The molecular formula is C21H19F3N2O6. The minimum absolute atomic E-state index is 0.0179. The molecule has 3 rings (SSSR count). The predicted molar refractivity (Wildman–Crippen MR) is 105 cm³/mol. The van der Waals surface area contributed by atoms with Gasteiger partial charge in [0.25, 0.3) is 5.69 Å². The Balaban J connectivity index is 1.82. The first-order valence-corrected chi connectivity index (χ1v) is 9.57. The number of ether oxygens (including phenoxy) is 1. The van der Waals surface area contributed by atoms with E-state index in [0.29, 0.717) is 0 Å². The van der Waals surface area contributed by atoms with E-state index in [2.05, 4.69) is 0 Å². The Kier molecular flexibility index (Phi) is 6.37. The summed E-state index contributed by atoms with van der Waals surface area (Å²) >= 11 is 0. The van der Waals surface area contributed by atoms with Gasteiger partial charge in [0.1, 0.15) is 5.75 Å². The summed E-state index contributed by atoms with van der Waals surface area (Å²) in [7, 11) is 0. The smallest absolute Gasteiger partial charge is 0.416 e. The van der Waals surface area contributed by atoms with Crippen LogP contribution in [-0.4, -0.2) is 40.1 Å². The topological polar surface area (TPSA) is 110 Å². The zero-order chi connectivity index (χ0) is 23.6. The highest BCUT2D eigenvalue weighted by molar-refractivity contribution is 5.75. The minimum Gasteiger partial charge on any atom is -0.481 e. The van der Waals surface area contributed by atoms with Crippen LogP contribution in [0, 0.1) is 23.0 Å². The lowest BCUT2D eigenvalue weighted by molar-refractivity contribution is -0.384. The zero-order valence-corrected chi connectivity index (χ0v) is 16.8. The first-order valence-electron chi connectivity index (χ1n) is 9.57. The van der Waals surface area contributed by atoms with E-state index in [0.717, 1.165) is 23.1 Å². The number of nitro benzene ring substituents is 1. The maximum absolute atomic E-state index is 13.3. The third-order valence-electron chi connectivity index (χ3n) is 5.35. The molecule has 1 aliphatic heterocycles. The second-order valence-corrected chi connectivity index (χ2v) is 7.56. The molecule has 1 N–H and O–H groups in total. The van der Waals surface area contributed by atoms with E-state index in [-0.39, 0.29) is 42.1 Å². The van der Waals surface area contributed by atoms with E-state index in [1.54, 1.807) is 0 Å². The number of aliphatic carboxylic acids is 1. The van der Waals surface area contributed by atoms with Gasteiger partial charge in [0.2, 0.25) is 0 Å². The maximum Gasteiger partial charge on any atom is 0.416 e. The van der Waals surface area contributed by atoms with Crippen molar-refractivity contribution in [1.82, 2.24) is 4.90 Å². The first kappa shape index (κ1) is 23.0. The summed E-state index contributed by atoms with van der Waals surface area (Å²) in [5.74, 6) is -2.79. The van der Waals surface area contributed by atoms with Gasteiger partial charge in [-0.1, -0.05) is 12.1 Å². The molecule has 1 heterocycles. The molecule has 0 radical (unpaired) electrons. The average Bonchev–Trinajstić information content (AvgIpc) is 2.73. The van der Waals surface area contributed by atoms with Crippen LogP contribution in [0.25, 0.3) is 0 Å². The number of amides is 1. The van der Waals surface area contributed by atoms with Crippen LogP contribution in [0.2, 0.25) is 0 Å². The number of nitro groups is 1. The quantitative estimate of drug-likeness (QED) is 0.536. The van der Waals surface area contributed by atoms with Crippen molar-refractivity contribution >= 4 is 17.7 Å². The van der Waals surface area contributed by atoms with E-state index >= 15 is 0 Å². The fourth-order valence-corrected chi connectivity index (χ4v) is 3.67. The number of carbonyl (C=O) groups is 2. The van der Waals surface area contributed by atoms with Gasteiger partial charge in [-0.15, -0.1) is 0 Å². The summed E-state index contributed by atoms with van der Waals surface area (Å²) in [5, 5.41) is 20.2. The van der Waals surface area contributed by atoms with Crippen molar-refractivity contribution in [2.45, 2.75) is 25.4 Å². The van der Waals surface area contributed by atoms with Crippen LogP contribution < -0.4 is 4.74 Å². The molecule has 0 spiro atoms. The Morgan fingerprint density at radius 1 is 1.16 bits per heavy atom. The summed E-state index contributed by atoms with van der Waals surface area (Å²) in [6, 6.07) is 8.55. The normalized spacial score (nSPS) is 18.8. The van der Waals surface area contributed by atoms with Crippen LogP contribution >= 0.6 is 0 Å². The number of nitrogens with zero attached hydrogens (tertiary/aromatic N) is 2. The summed E-state index contributed by atoms with van der Waals surface area (Å²) in [4.78, 5) is 35.5. The number of benzene rings is 2. The number of aryl methyl sites for hydroxylation is 1. The van der Waals surface area contributed by atoms with Gasteiger partial charge in [-0.25, -0.2) is 4.79 Å². The monoisotopic (exact) mass is 452 g/mol. The van der Waals surface area contributed by atoms with Crippen molar-refractivity contribution in [3.05, 3.63) is 69.3 Å². The lowest BCUT2D eigenvalue weighted by Crippen LogP contribution is -2.46. The lowest BCUT2D eigenvalue weighted by Gasteiger charge is -2.36. The van der Waals surface area contributed by atoms with Crippen molar-refractivity contribution in [2.24, 2.45) is 5.92 Å². The number of rotatable bonds is 4. The Morgan fingerprint density at radius 2 is 1.81 bits per heavy atom. The number of carboxylic acids is 1. The van der Waals surface area contributed by atoms with Crippen molar-refractivity contribution in [1.29, 1.82) is 0 Å². The molecule has 1 fully saturated rings. The van der Waals surface area contributed by atoms with Crippen LogP contribution in [0.4, 0.5) is 23.7 Å². The van der Waals surface area contributed by atoms with Crippen molar-refractivity contribution in [2.75, 3.05) is 13.1 Å². The van der Waals surface area contributed by atoms with Gasteiger partial charge < -0.3 is 14.7 Å². The standard InChI is InChI=1S/C21H19F3N2O6/c1-12-2-3-13(9-18(12)21(22,23)24)14-8-15(19(27)28)11-25(10-14)20(29)32-17-6-4-16(5-7-17)26(30)31/h2-7,9,14-15H,8,10-11H2,1H3,(H,27,28). The number of likely N-dealkylation sites (tertiary alicyclic amines) is 1. The largest absolute Gasteiger partial charge is 0.481 e. The zero-order valence-electron chi connectivity index (χ0n) is 16.8. The number of carbonyl (C=O) groups excluding carboxylic acids is 1. The van der Waals surface area contributed by atoms with Crippen LogP contribution in [0.15, 0.2) is 42.5 Å². The molecule has 8 nitrogen and oxygen atoms in total. The van der Waals surface area contributed by atoms with Gasteiger partial charge in [0.15, 0.2) is 0 Å². The average molecular weight is 452 g/mol. The number of hydrogen-bond donors (Lipinski definition) is 1. The van der Waals surface area contributed by atoms with E-state index in [4.69, 9.17) is 4.74 Å². The number of carboxylic acid groups (broad SMARTS) is 1. The van der Waals surface area contributed by atoms with Gasteiger partial charge in [-0.2, -0.15) is 13.2 Å². The lowest BCUT2D eigenvalue weighted by atomic mass is 9.83. The molecule has 0 aliphatic carbocycles. The van der Waals surface area contributed by atoms with Crippen LogP contribution in [0.1, 0.15) is 29.0 Å². The maximum atomic E-state index is 13.3. The number of non-ortho nitro benzene ring substituents is 1. The van der Waals surface area contributed by atoms with Gasteiger partial charge in [0.05, 0.1) is 16.4 Å². The van der Waals surface area contributed by atoms with E-state index in [9.17, 15) is 38.0 Å². The number of alkyl halides is 3. The summed E-state index contributed by atoms with van der Waals surface area (Å²) in [6.45, 7) is 1.13. The molecule has 2 aromatic carbocycles. The van der Waals surface area contributed by atoms with Crippen molar-refractivity contribution < 1.29 is 37.5 Å². The molecule has 0 saturated carbocycles. The highest BCUT2D eigenvalue weighted by atomic mass is 19.4. The fraction of sp³-hybridized carbons (Fsp3) is 0.333. The molecule has 170 valence electrons. The third-order valence-corrected chi connectivity index (χ3v) is 5.35. The molecule has 32 heavy (non-hydrogen) atoms. The van der Waals surface area contributed by atoms with Crippen LogP contribution in [0.5, 0.6) is 5.75 Å². The van der Waals surface area contributed by atoms with Gasteiger partial charge >= 0.3 is 18.2 Å². The summed E-state index contributed by atoms with van der Waals surface area (Å²) in [5.41, 5.74) is -0.690. The van der Waals surface area contributed by atoms with Crippen LogP contribution in [0.3, 0.4) is 0 Å². The highest BCUT2D eigenvalue weighted by Gasteiger charge is 2.37. The van der Waals surface area contributed by atoms with Crippen molar-refractivity contribution in [3.8, 4) is 5.75 Å². The predicted octanol–water partition coefficient (Wildman–Crippen LogP) is 4.61. The molecule has 1 saturated heterocycles. The SMILES string of the molecule is Cc1ccc(C2CC(C(=O)O)CN(C(=O)Oc3ccc([N+](=O)[O-])cc3)C2)cc1C(F)(F)F. The molecular weight excluding hydrogens is 433 g/mol. The molecule has 2 aromatic rings. The molecule has 1 aliphatic rings. The fourth-order valence-electron chi connectivity index (χ4n) is 3.67. The summed E-state index contributed by atoms with van der Waals surface area (Å²) in [6.07, 6.45) is -5.38. The number of hydrogen-bond acceptors (Lipinski definition) is 5. The molecule has 1 amide bonds.